The van der Waals surface area contributed by atoms with Crippen LogP contribution in [0.4, 0.5) is 17.6 Å². The van der Waals surface area contributed by atoms with Gasteiger partial charge in [0.15, 0.2) is 23.3 Å². The zero-order chi connectivity index (χ0) is 18.1. The van der Waals surface area contributed by atoms with Crippen molar-refractivity contribution < 1.29 is 37.7 Å². The molecule has 1 saturated carbocycles. The van der Waals surface area contributed by atoms with Gasteiger partial charge in [0, 0.05) is 12.8 Å². The van der Waals surface area contributed by atoms with E-state index in [-0.39, 0.29) is 19.1 Å². The van der Waals surface area contributed by atoms with Crippen LogP contribution in [0, 0.1) is 23.3 Å². The minimum absolute atomic E-state index is 0.153. The summed E-state index contributed by atoms with van der Waals surface area (Å²) in [6, 6.07) is 0.153. The van der Waals surface area contributed by atoms with E-state index in [1.807, 2.05) is 0 Å². The molecule has 130 valence electrons. The fourth-order valence-corrected chi connectivity index (χ4v) is 2.11. The predicted octanol–water partition coefficient (Wildman–Crippen LogP) is 2.58. The summed E-state index contributed by atoms with van der Waals surface area (Å²) in [4.78, 5) is 15.2. The molecule has 0 heterocycles. The van der Waals surface area contributed by atoms with E-state index in [1.165, 1.54) is 0 Å². The fraction of sp³-hybridized carbons (Fsp3) is 0.333. The molecule has 0 amide bonds. The van der Waals surface area contributed by atoms with Gasteiger partial charge in [0.05, 0.1) is 11.1 Å². The van der Waals surface area contributed by atoms with Crippen LogP contribution < -0.4 is 0 Å². The smallest absolute Gasteiger partial charge is 0.341 e. The van der Waals surface area contributed by atoms with Crippen molar-refractivity contribution in [1.82, 2.24) is 0 Å². The van der Waals surface area contributed by atoms with Gasteiger partial charge in [0.25, 0.3) is 0 Å². The fourth-order valence-electron chi connectivity index (χ4n) is 2.11. The van der Waals surface area contributed by atoms with Crippen LogP contribution >= 0.6 is 0 Å². The SMILES string of the molecule is O=C(O)C(C=NC1(CCO)CC1)=C(O)c1cc(F)c(F)c(F)c1F. The topological polar surface area (TPSA) is 90.1 Å². The minimum atomic E-state index is -2.17. The Balaban J connectivity index is 2.49. The lowest BCUT2D eigenvalue weighted by molar-refractivity contribution is -0.132. The third-order valence-corrected chi connectivity index (χ3v) is 3.72. The molecule has 0 spiro atoms. The highest BCUT2D eigenvalue weighted by Gasteiger charge is 2.41. The molecule has 0 aliphatic heterocycles. The number of aliphatic hydroxyl groups is 2. The highest BCUT2D eigenvalue weighted by Crippen LogP contribution is 2.42. The minimum Gasteiger partial charge on any atom is -0.506 e. The maximum atomic E-state index is 13.7. The van der Waals surface area contributed by atoms with Crippen LogP contribution in [0.5, 0.6) is 0 Å². The number of hydrogen-bond acceptors (Lipinski definition) is 4. The summed E-state index contributed by atoms with van der Waals surface area (Å²) in [5.74, 6) is -11.0. The van der Waals surface area contributed by atoms with Crippen LogP contribution in [0.1, 0.15) is 24.8 Å². The van der Waals surface area contributed by atoms with Gasteiger partial charge in [-0.3, -0.25) is 4.99 Å². The van der Waals surface area contributed by atoms with Crippen LogP contribution in [0.2, 0.25) is 0 Å². The number of aliphatic imine (C=N–C) groups is 1. The maximum absolute atomic E-state index is 13.7. The van der Waals surface area contributed by atoms with Gasteiger partial charge in [-0.1, -0.05) is 0 Å². The van der Waals surface area contributed by atoms with E-state index in [2.05, 4.69) is 4.99 Å². The number of carboxylic acid groups (broad SMARTS) is 1. The number of nitrogens with zero attached hydrogens (tertiary/aromatic N) is 1. The molecule has 1 aromatic carbocycles. The van der Waals surface area contributed by atoms with Gasteiger partial charge >= 0.3 is 5.97 Å². The van der Waals surface area contributed by atoms with Crippen molar-refractivity contribution in [2.45, 2.75) is 24.8 Å². The third-order valence-electron chi connectivity index (χ3n) is 3.72. The van der Waals surface area contributed by atoms with E-state index >= 15 is 0 Å². The van der Waals surface area contributed by atoms with Gasteiger partial charge in [0.1, 0.15) is 11.3 Å². The van der Waals surface area contributed by atoms with Crippen molar-refractivity contribution in [2.75, 3.05) is 6.61 Å². The first-order valence-electron chi connectivity index (χ1n) is 6.88. The highest BCUT2D eigenvalue weighted by molar-refractivity contribution is 6.14. The largest absolute Gasteiger partial charge is 0.506 e. The normalized spacial score (nSPS) is 17.0. The summed E-state index contributed by atoms with van der Waals surface area (Å²) in [5.41, 5.74) is -2.71. The maximum Gasteiger partial charge on any atom is 0.341 e. The molecule has 1 aromatic rings. The zero-order valence-corrected chi connectivity index (χ0v) is 12.2. The molecule has 1 aliphatic rings. The molecule has 1 fully saturated rings. The number of carbonyl (C=O) groups is 1. The Morgan fingerprint density at radius 3 is 2.29 bits per heavy atom. The molecule has 3 N–H and O–H groups in total. The molecule has 0 saturated heterocycles. The summed E-state index contributed by atoms with van der Waals surface area (Å²) in [5, 5.41) is 27.9. The summed E-state index contributed by atoms with van der Waals surface area (Å²) in [6.07, 6.45) is 2.18. The van der Waals surface area contributed by atoms with Crippen molar-refractivity contribution in [3.8, 4) is 0 Å². The molecular weight excluding hydrogens is 334 g/mol. The van der Waals surface area contributed by atoms with Gasteiger partial charge in [-0.15, -0.1) is 0 Å². The summed E-state index contributed by atoms with van der Waals surface area (Å²) >= 11 is 0. The predicted molar refractivity (Wildman–Crippen MR) is 75.6 cm³/mol. The molecule has 0 bridgehead atoms. The Hall–Kier alpha value is -2.42. The standard InChI is InChI=1S/C15H13F4NO4/c16-9-5-7(10(17)12(19)11(9)18)13(22)8(14(23)24)6-20-15(1-2-15)3-4-21/h5-6,21-22H,1-4H2,(H,23,24). The first kappa shape index (κ1) is 17.9. The average molecular weight is 347 g/mol. The van der Waals surface area contributed by atoms with Crippen LogP contribution in [0.3, 0.4) is 0 Å². The van der Waals surface area contributed by atoms with Crippen molar-refractivity contribution in [3.05, 3.63) is 40.5 Å². The molecule has 1 aliphatic carbocycles. The van der Waals surface area contributed by atoms with Crippen LogP contribution in [-0.4, -0.2) is 39.6 Å². The Bertz CT molecular complexity index is 741. The molecule has 0 atom stereocenters. The van der Waals surface area contributed by atoms with E-state index < -0.39 is 51.7 Å². The number of benzene rings is 1. The third kappa shape index (κ3) is 3.40. The lowest BCUT2D eigenvalue weighted by Crippen LogP contribution is -2.12. The number of rotatable bonds is 6. The average Bonchev–Trinajstić information content (AvgIpc) is 3.28. The van der Waals surface area contributed by atoms with Crippen molar-refractivity contribution in [2.24, 2.45) is 4.99 Å². The number of aliphatic carboxylic acids is 1. The number of hydrogen-bond donors (Lipinski definition) is 3. The van der Waals surface area contributed by atoms with E-state index in [0.717, 1.165) is 6.21 Å². The molecular formula is C15H13F4NO4. The van der Waals surface area contributed by atoms with Crippen LogP contribution in [0.15, 0.2) is 16.6 Å². The Morgan fingerprint density at radius 2 is 1.79 bits per heavy atom. The second kappa shape index (κ2) is 6.60. The molecule has 5 nitrogen and oxygen atoms in total. The first-order chi connectivity index (χ1) is 11.2. The Kier molecular flexibility index (Phi) is 4.93. The van der Waals surface area contributed by atoms with E-state index in [0.29, 0.717) is 12.8 Å². The lowest BCUT2D eigenvalue weighted by Gasteiger charge is -2.09. The molecule has 0 radical (unpaired) electrons. The van der Waals surface area contributed by atoms with Gasteiger partial charge < -0.3 is 15.3 Å². The number of carboxylic acids is 1. The van der Waals surface area contributed by atoms with E-state index in [4.69, 9.17) is 10.2 Å². The zero-order valence-electron chi connectivity index (χ0n) is 12.2. The van der Waals surface area contributed by atoms with Gasteiger partial charge in [-0.05, 0) is 25.3 Å². The van der Waals surface area contributed by atoms with Gasteiger partial charge in [-0.2, -0.15) is 0 Å². The molecule has 0 unspecified atom stereocenters. The molecule has 0 aromatic heterocycles. The van der Waals surface area contributed by atoms with Crippen molar-refractivity contribution in [3.63, 3.8) is 0 Å². The van der Waals surface area contributed by atoms with Gasteiger partial charge in [-0.25, -0.2) is 22.4 Å². The monoisotopic (exact) mass is 347 g/mol. The summed E-state index contributed by atoms with van der Waals surface area (Å²) in [7, 11) is 0. The molecule has 24 heavy (non-hydrogen) atoms. The van der Waals surface area contributed by atoms with Crippen LogP contribution in [-0.2, 0) is 4.79 Å². The quantitative estimate of drug-likeness (QED) is 0.184. The van der Waals surface area contributed by atoms with Crippen molar-refractivity contribution in [1.29, 1.82) is 0 Å². The second-order valence-corrected chi connectivity index (χ2v) is 5.37. The van der Waals surface area contributed by atoms with Crippen LogP contribution in [0.25, 0.3) is 5.76 Å². The molecule has 9 heteroatoms. The lowest BCUT2D eigenvalue weighted by atomic mass is 10.1. The number of aliphatic hydroxyl groups excluding tert-OH is 2. The highest BCUT2D eigenvalue weighted by atomic mass is 19.2. The summed E-state index contributed by atoms with van der Waals surface area (Å²) in [6.45, 7) is -0.182. The van der Waals surface area contributed by atoms with E-state index in [9.17, 15) is 27.5 Å². The van der Waals surface area contributed by atoms with E-state index in [1.54, 1.807) is 0 Å². The Morgan fingerprint density at radius 1 is 1.17 bits per heavy atom. The summed E-state index contributed by atoms with van der Waals surface area (Å²) < 4.78 is 53.1. The molecule has 2 rings (SSSR count). The van der Waals surface area contributed by atoms with Crippen molar-refractivity contribution >= 4 is 17.9 Å². The number of halogens is 4. The first-order valence-corrected chi connectivity index (χ1v) is 6.88. The van der Waals surface area contributed by atoms with Gasteiger partial charge in [0.2, 0.25) is 0 Å². The second-order valence-electron chi connectivity index (χ2n) is 5.37. The Labute approximate surface area is 133 Å².